The Morgan fingerprint density at radius 2 is 1.75 bits per heavy atom. The summed E-state index contributed by atoms with van der Waals surface area (Å²) < 4.78 is 34.4. The van der Waals surface area contributed by atoms with Crippen molar-refractivity contribution < 1.29 is 23.0 Å². The van der Waals surface area contributed by atoms with E-state index in [2.05, 4.69) is 18.7 Å². The average Bonchev–Trinajstić information content (AvgIpc) is 2.69. The standard InChI is InChI=1S/C21H35NO5S/c1-3-5-6-18(4-2)15-26-16-20(23)17-27-21-9-7-19(8-10-21)22-11-13-28(24,25)14-12-22/h7-10,18,20,23H,3-6,11-17H2,1-2H3. The van der Waals surface area contributed by atoms with Crippen molar-refractivity contribution in [1.29, 1.82) is 0 Å². The van der Waals surface area contributed by atoms with E-state index < -0.39 is 15.9 Å². The molecule has 0 spiro atoms. The van der Waals surface area contributed by atoms with E-state index in [0.29, 0.717) is 31.4 Å². The molecule has 1 N–H and O–H groups in total. The molecule has 1 aliphatic rings. The molecule has 0 aliphatic carbocycles. The predicted molar refractivity (Wildman–Crippen MR) is 113 cm³/mol. The van der Waals surface area contributed by atoms with Crippen LogP contribution in [0.4, 0.5) is 5.69 Å². The molecule has 2 unspecified atom stereocenters. The lowest BCUT2D eigenvalue weighted by Crippen LogP contribution is -2.40. The summed E-state index contributed by atoms with van der Waals surface area (Å²) in [6.45, 7) is 6.57. The van der Waals surface area contributed by atoms with Crippen LogP contribution in [0.15, 0.2) is 24.3 Å². The Morgan fingerprint density at radius 1 is 1.07 bits per heavy atom. The third-order valence-corrected chi connectivity index (χ3v) is 6.80. The molecule has 0 radical (unpaired) electrons. The maximum Gasteiger partial charge on any atom is 0.153 e. The van der Waals surface area contributed by atoms with Crippen LogP contribution in [0.25, 0.3) is 0 Å². The number of aliphatic hydroxyl groups is 1. The number of nitrogens with zero attached hydrogens (tertiary/aromatic N) is 1. The SMILES string of the molecule is CCCCC(CC)COCC(O)COc1ccc(N2CCS(=O)(=O)CC2)cc1. The first-order valence-electron chi connectivity index (χ1n) is 10.4. The number of hydrogen-bond acceptors (Lipinski definition) is 6. The number of aliphatic hydroxyl groups excluding tert-OH is 1. The Hall–Kier alpha value is -1.31. The number of hydrogen-bond donors (Lipinski definition) is 1. The first-order valence-corrected chi connectivity index (χ1v) is 12.2. The van der Waals surface area contributed by atoms with Crippen LogP contribution in [0, 0.1) is 5.92 Å². The summed E-state index contributed by atoms with van der Waals surface area (Å²) in [6, 6.07) is 7.55. The van der Waals surface area contributed by atoms with Crippen LogP contribution in [0.3, 0.4) is 0 Å². The van der Waals surface area contributed by atoms with E-state index in [1.807, 2.05) is 24.3 Å². The maximum absolute atomic E-state index is 11.5. The van der Waals surface area contributed by atoms with Gasteiger partial charge in [-0.2, -0.15) is 0 Å². The highest BCUT2D eigenvalue weighted by Crippen LogP contribution is 2.21. The van der Waals surface area contributed by atoms with E-state index in [1.54, 1.807) is 0 Å². The van der Waals surface area contributed by atoms with Crippen LogP contribution in [0.5, 0.6) is 5.75 Å². The molecule has 160 valence electrons. The summed E-state index contributed by atoms with van der Waals surface area (Å²) in [6.07, 6.45) is 4.03. The van der Waals surface area contributed by atoms with Gasteiger partial charge in [0.25, 0.3) is 0 Å². The lowest BCUT2D eigenvalue weighted by atomic mass is 10.0. The van der Waals surface area contributed by atoms with Crippen molar-refractivity contribution >= 4 is 15.5 Å². The molecule has 0 saturated carbocycles. The Bertz CT molecular complexity index is 648. The number of ether oxygens (including phenoxy) is 2. The molecule has 1 heterocycles. The highest BCUT2D eigenvalue weighted by Gasteiger charge is 2.21. The zero-order chi connectivity index (χ0) is 20.4. The van der Waals surface area contributed by atoms with Gasteiger partial charge in [0.15, 0.2) is 9.84 Å². The molecule has 1 fully saturated rings. The third kappa shape index (κ3) is 7.97. The van der Waals surface area contributed by atoms with Crippen LogP contribution >= 0.6 is 0 Å². The molecule has 0 aromatic heterocycles. The third-order valence-electron chi connectivity index (χ3n) is 5.20. The van der Waals surface area contributed by atoms with E-state index in [1.165, 1.54) is 19.3 Å². The minimum absolute atomic E-state index is 0.188. The van der Waals surface area contributed by atoms with Crippen molar-refractivity contribution in [2.24, 2.45) is 5.92 Å². The van der Waals surface area contributed by atoms with Gasteiger partial charge in [0.1, 0.15) is 18.5 Å². The Morgan fingerprint density at radius 3 is 2.36 bits per heavy atom. The summed E-state index contributed by atoms with van der Waals surface area (Å²) in [4.78, 5) is 2.07. The first kappa shape index (κ1) is 23.0. The first-order chi connectivity index (χ1) is 13.4. The quantitative estimate of drug-likeness (QED) is 0.568. The van der Waals surface area contributed by atoms with Gasteiger partial charge in [-0.25, -0.2) is 8.42 Å². The molecule has 1 aromatic carbocycles. The molecule has 0 bridgehead atoms. The molecule has 0 amide bonds. The van der Waals surface area contributed by atoms with Crippen LogP contribution < -0.4 is 9.64 Å². The Balaban J connectivity index is 1.68. The smallest absolute Gasteiger partial charge is 0.153 e. The van der Waals surface area contributed by atoms with Crippen LogP contribution in [0.1, 0.15) is 39.5 Å². The van der Waals surface area contributed by atoms with E-state index in [-0.39, 0.29) is 24.7 Å². The molecule has 6 nitrogen and oxygen atoms in total. The Labute approximate surface area is 169 Å². The highest BCUT2D eigenvalue weighted by atomic mass is 32.2. The van der Waals surface area contributed by atoms with Gasteiger partial charge in [-0.1, -0.05) is 33.1 Å². The summed E-state index contributed by atoms with van der Waals surface area (Å²) in [5, 5.41) is 10.1. The van der Waals surface area contributed by atoms with Crippen molar-refractivity contribution in [3.63, 3.8) is 0 Å². The fraction of sp³-hybridized carbons (Fsp3) is 0.714. The van der Waals surface area contributed by atoms with Gasteiger partial charge in [-0.05, 0) is 36.6 Å². The minimum Gasteiger partial charge on any atom is -0.491 e. The lowest BCUT2D eigenvalue weighted by Gasteiger charge is -2.28. The molecule has 7 heteroatoms. The monoisotopic (exact) mass is 413 g/mol. The maximum atomic E-state index is 11.5. The number of sulfone groups is 1. The normalized spacial score (nSPS) is 18.6. The molecular formula is C21H35NO5S. The molecule has 2 rings (SSSR count). The fourth-order valence-electron chi connectivity index (χ4n) is 3.23. The Kier molecular flexibility index (Phi) is 9.55. The number of rotatable bonds is 12. The van der Waals surface area contributed by atoms with Gasteiger partial charge in [0.05, 0.1) is 18.1 Å². The second-order valence-corrected chi connectivity index (χ2v) is 9.86. The topological polar surface area (TPSA) is 76.1 Å². The number of benzene rings is 1. The highest BCUT2D eigenvalue weighted by molar-refractivity contribution is 7.91. The van der Waals surface area contributed by atoms with E-state index in [9.17, 15) is 13.5 Å². The molecule has 1 aromatic rings. The van der Waals surface area contributed by atoms with Crippen LogP contribution in [-0.4, -0.2) is 64.0 Å². The van der Waals surface area contributed by atoms with Gasteiger partial charge < -0.3 is 19.5 Å². The zero-order valence-corrected chi connectivity index (χ0v) is 18.0. The van der Waals surface area contributed by atoms with Gasteiger partial charge in [-0.3, -0.25) is 0 Å². The summed E-state index contributed by atoms with van der Waals surface area (Å²) in [7, 11) is -2.88. The predicted octanol–water partition coefficient (Wildman–Crippen LogP) is 2.89. The molecular weight excluding hydrogens is 378 g/mol. The molecule has 2 atom stereocenters. The summed E-state index contributed by atoms with van der Waals surface area (Å²) in [5.41, 5.74) is 0.990. The van der Waals surface area contributed by atoms with Crippen LogP contribution in [-0.2, 0) is 14.6 Å². The van der Waals surface area contributed by atoms with Crippen molar-refractivity contribution in [1.82, 2.24) is 0 Å². The summed E-state index contributed by atoms with van der Waals surface area (Å²) in [5.74, 6) is 1.65. The molecule has 1 aliphatic heterocycles. The van der Waals surface area contributed by atoms with Crippen molar-refractivity contribution in [3.05, 3.63) is 24.3 Å². The van der Waals surface area contributed by atoms with Gasteiger partial charge in [-0.15, -0.1) is 0 Å². The summed E-state index contributed by atoms with van der Waals surface area (Å²) >= 11 is 0. The number of unbranched alkanes of at least 4 members (excludes halogenated alkanes) is 1. The fourth-order valence-corrected chi connectivity index (χ4v) is 4.43. The van der Waals surface area contributed by atoms with Crippen molar-refractivity contribution in [2.45, 2.75) is 45.6 Å². The zero-order valence-electron chi connectivity index (χ0n) is 17.2. The van der Waals surface area contributed by atoms with Gasteiger partial charge in [0, 0.05) is 25.4 Å². The molecule has 28 heavy (non-hydrogen) atoms. The van der Waals surface area contributed by atoms with Crippen molar-refractivity contribution in [2.75, 3.05) is 49.3 Å². The van der Waals surface area contributed by atoms with Crippen LogP contribution in [0.2, 0.25) is 0 Å². The number of anilines is 1. The largest absolute Gasteiger partial charge is 0.491 e. The second-order valence-electron chi connectivity index (χ2n) is 7.55. The van der Waals surface area contributed by atoms with E-state index >= 15 is 0 Å². The van der Waals surface area contributed by atoms with Gasteiger partial charge >= 0.3 is 0 Å². The second kappa shape index (κ2) is 11.6. The molecule has 1 saturated heterocycles. The minimum atomic E-state index is -2.88. The average molecular weight is 414 g/mol. The van der Waals surface area contributed by atoms with Gasteiger partial charge in [0.2, 0.25) is 0 Å². The van der Waals surface area contributed by atoms with E-state index in [0.717, 1.165) is 12.1 Å². The lowest BCUT2D eigenvalue weighted by molar-refractivity contribution is -0.00109. The van der Waals surface area contributed by atoms with Crippen molar-refractivity contribution in [3.8, 4) is 5.75 Å². The van der Waals surface area contributed by atoms with E-state index in [4.69, 9.17) is 9.47 Å².